The van der Waals surface area contributed by atoms with E-state index in [0.29, 0.717) is 4.90 Å². The van der Waals surface area contributed by atoms with E-state index in [0.717, 1.165) is 30.4 Å². The second-order valence-corrected chi connectivity index (χ2v) is 11.0. The van der Waals surface area contributed by atoms with Crippen LogP contribution in [0.25, 0.3) is 0 Å². The SMILES string of the molecule is Cc1ccc(S(=O)(=O)N=S(=O)(c2ccc(C)cc2)N2[C@H]3CCC[C@@H]32)cc1. The van der Waals surface area contributed by atoms with Crippen LogP contribution < -0.4 is 0 Å². The van der Waals surface area contributed by atoms with E-state index in [1.165, 1.54) is 12.1 Å². The van der Waals surface area contributed by atoms with Crippen molar-refractivity contribution in [3.63, 3.8) is 0 Å². The first-order valence-electron chi connectivity index (χ1n) is 8.76. The van der Waals surface area contributed by atoms with Crippen LogP contribution in [0, 0.1) is 13.8 Å². The standard InChI is InChI=1S/C19H22N2O3S2/c1-14-6-10-16(11-7-14)25(22,21-18-4-3-5-19(18)21)20-26(23,24)17-12-8-15(2)9-13-17/h6-13,18-19H,3-5H2,1-2H3/t18-,19-,25?/m0/s1. The molecular weight excluding hydrogens is 368 g/mol. The predicted molar refractivity (Wildman–Crippen MR) is 102 cm³/mol. The molecule has 0 bridgehead atoms. The normalized spacial score (nSPS) is 26.8. The highest BCUT2D eigenvalue weighted by Gasteiger charge is 2.56. The van der Waals surface area contributed by atoms with E-state index in [1.54, 1.807) is 24.3 Å². The van der Waals surface area contributed by atoms with E-state index in [2.05, 4.69) is 3.77 Å². The fourth-order valence-corrected chi connectivity index (χ4v) is 8.10. The van der Waals surface area contributed by atoms with Gasteiger partial charge in [-0.15, -0.1) is 0 Å². The van der Waals surface area contributed by atoms with Gasteiger partial charge in [-0.05, 0) is 51.0 Å². The lowest BCUT2D eigenvalue weighted by Gasteiger charge is -2.15. The van der Waals surface area contributed by atoms with Gasteiger partial charge < -0.3 is 0 Å². The third kappa shape index (κ3) is 2.98. The summed E-state index contributed by atoms with van der Waals surface area (Å²) in [6, 6.07) is 14.0. The molecule has 2 aromatic rings. The zero-order chi connectivity index (χ0) is 18.5. The molecule has 5 nitrogen and oxygen atoms in total. The highest BCUT2D eigenvalue weighted by Crippen LogP contribution is 2.47. The van der Waals surface area contributed by atoms with Crippen LogP contribution in [-0.2, 0) is 19.9 Å². The summed E-state index contributed by atoms with van der Waals surface area (Å²) in [5.74, 6) is 0. The average molecular weight is 391 g/mol. The van der Waals surface area contributed by atoms with Crippen LogP contribution in [0.2, 0.25) is 0 Å². The molecule has 26 heavy (non-hydrogen) atoms. The summed E-state index contributed by atoms with van der Waals surface area (Å²) in [7, 11) is -7.22. The van der Waals surface area contributed by atoms with Gasteiger partial charge in [0.15, 0.2) is 9.92 Å². The number of benzene rings is 2. The van der Waals surface area contributed by atoms with Crippen molar-refractivity contribution in [2.45, 2.75) is 55.0 Å². The van der Waals surface area contributed by atoms with Gasteiger partial charge >= 0.3 is 0 Å². The smallest absolute Gasteiger partial charge is 0.227 e. The average Bonchev–Trinajstić information content (AvgIpc) is 3.10. The molecule has 0 amide bonds. The summed E-state index contributed by atoms with van der Waals surface area (Å²) >= 11 is 0. The van der Waals surface area contributed by atoms with Crippen LogP contribution >= 0.6 is 0 Å². The molecule has 1 heterocycles. The number of nitrogens with zero attached hydrogens (tertiary/aromatic N) is 2. The highest BCUT2D eigenvalue weighted by atomic mass is 32.3. The van der Waals surface area contributed by atoms with E-state index in [9.17, 15) is 12.6 Å². The van der Waals surface area contributed by atoms with Crippen LogP contribution in [0.1, 0.15) is 30.4 Å². The van der Waals surface area contributed by atoms with E-state index in [-0.39, 0.29) is 17.0 Å². The van der Waals surface area contributed by atoms with Gasteiger partial charge in [-0.3, -0.25) is 0 Å². The lowest BCUT2D eigenvalue weighted by molar-refractivity contribution is 0.569. The molecule has 1 unspecified atom stereocenters. The summed E-state index contributed by atoms with van der Waals surface area (Å²) in [5, 5.41) is 0. The lowest BCUT2D eigenvalue weighted by atomic mass is 10.2. The van der Waals surface area contributed by atoms with E-state index < -0.39 is 19.9 Å². The number of piperidine rings is 1. The first kappa shape index (κ1) is 17.7. The lowest BCUT2D eigenvalue weighted by Crippen LogP contribution is -2.19. The Morgan fingerprint density at radius 2 is 1.27 bits per heavy atom. The Morgan fingerprint density at radius 1 is 0.808 bits per heavy atom. The molecular formula is C19H22N2O3S2. The van der Waals surface area contributed by atoms with Crippen LogP contribution in [0.15, 0.2) is 62.1 Å². The minimum absolute atomic E-state index is 0.0787. The van der Waals surface area contributed by atoms with Crippen molar-refractivity contribution >= 4 is 19.9 Å². The summed E-state index contributed by atoms with van der Waals surface area (Å²) in [6.07, 6.45) is 3.00. The van der Waals surface area contributed by atoms with Gasteiger partial charge in [0.1, 0.15) is 0 Å². The Hall–Kier alpha value is -1.70. The van der Waals surface area contributed by atoms with E-state index in [1.807, 2.05) is 30.3 Å². The Labute approximate surface area is 155 Å². The van der Waals surface area contributed by atoms with E-state index >= 15 is 0 Å². The first-order chi connectivity index (χ1) is 12.3. The molecule has 2 aromatic carbocycles. The molecule has 7 heteroatoms. The number of hydrogen-bond donors (Lipinski definition) is 0. The summed E-state index contributed by atoms with van der Waals surface area (Å²) in [6.45, 7) is 3.83. The Balaban J connectivity index is 1.85. The zero-order valence-corrected chi connectivity index (χ0v) is 16.5. The maximum absolute atomic E-state index is 13.9. The molecule has 1 aliphatic heterocycles. The predicted octanol–water partition coefficient (Wildman–Crippen LogP) is 3.67. The summed E-state index contributed by atoms with van der Waals surface area (Å²) < 4.78 is 45.5. The van der Waals surface area contributed by atoms with Gasteiger partial charge in [-0.25, -0.2) is 8.51 Å². The molecule has 0 aromatic heterocycles. The molecule has 1 saturated heterocycles. The van der Waals surface area contributed by atoms with Gasteiger partial charge in [0, 0.05) is 12.1 Å². The van der Waals surface area contributed by atoms with Gasteiger partial charge in [-0.1, -0.05) is 45.6 Å². The Morgan fingerprint density at radius 3 is 1.77 bits per heavy atom. The van der Waals surface area contributed by atoms with E-state index in [4.69, 9.17) is 0 Å². The van der Waals surface area contributed by atoms with Crippen molar-refractivity contribution in [2.24, 2.45) is 3.77 Å². The summed E-state index contributed by atoms with van der Waals surface area (Å²) in [5.41, 5.74) is 1.99. The molecule has 4 rings (SSSR count). The maximum atomic E-state index is 13.9. The molecule has 1 saturated carbocycles. The molecule has 0 spiro atoms. The zero-order valence-electron chi connectivity index (χ0n) is 14.8. The first-order valence-corrected chi connectivity index (χ1v) is 11.7. The monoisotopic (exact) mass is 390 g/mol. The number of sulfonamides is 1. The van der Waals surface area contributed by atoms with Crippen molar-refractivity contribution in [3.05, 3.63) is 59.7 Å². The molecule has 2 aliphatic rings. The van der Waals surface area contributed by atoms with Crippen LogP contribution in [-0.4, -0.2) is 29.0 Å². The van der Waals surface area contributed by atoms with Crippen LogP contribution in [0.4, 0.5) is 0 Å². The maximum Gasteiger partial charge on any atom is 0.291 e. The molecule has 0 N–H and O–H groups in total. The fourth-order valence-electron chi connectivity index (χ4n) is 3.66. The molecule has 138 valence electrons. The summed E-state index contributed by atoms with van der Waals surface area (Å²) in [4.78, 5) is 0.545. The van der Waals surface area contributed by atoms with Gasteiger partial charge in [0.2, 0.25) is 0 Å². The number of hydrogen-bond acceptors (Lipinski definition) is 3. The van der Waals surface area contributed by atoms with Crippen LogP contribution in [0.3, 0.4) is 0 Å². The number of fused-ring (bicyclic) bond motifs is 1. The third-order valence-electron chi connectivity index (χ3n) is 5.14. The fraction of sp³-hybridized carbons (Fsp3) is 0.368. The molecule has 1 aliphatic carbocycles. The van der Waals surface area contributed by atoms with Gasteiger partial charge in [-0.2, -0.15) is 8.42 Å². The third-order valence-corrected chi connectivity index (χ3v) is 9.60. The highest BCUT2D eigenvalue weighted by molar-refractivity contribution is 8.02. The minimum Gasteiger partial charge on any atom is -0.227 e. The van der Waals surface area contributed by atoms with Gasteiger partial charge in [0.25, 0.3) is 10.0 Å². The Bertz CT molecular complexity index is 1040. The molecule has 2 fully saturated rings. The molecule has 3 atom stereocenters. The minimum atomic E-state index is -4.02. The Kier molecular flexibility index (Phi) is 4.21. The van der Waals surface area contributed by atoms with Crippen LogP contribution in [0.5, 0.6) is 0 Å². The number of aryl methyl sites for hydroxylation is 2. The topological polar surface area (TPSA) is 66.6 Å². The van der Waals surface area contributed by atoms with Crippen molar-refractivity contribution < 1.29 is 12.6 Å². The van der Waals surface area contributed by atoms with Crippen molar-refractivity contribution in [1.29, 1.82) is 0 Å². The molecule has 0 radical (unpaired) electrons. The van der Waals surface area contributed by atoms with Crippen molar-refractivity contribution in [1.82, 2.24) is 4.31 Å². The van der Waals surface area contributed by atoms with Crippen molar-refractivity contribution in [2.75, 3.05) is 0 Å². The van der Waals surface area contributed by atoms with Gasteiger partial charge in [0.05, 0.1) is 9.79 Å². The second-order valence-electron chi connectivity index (χ2n) is 7.10. The second kappa shape index (κ2) is 6.18. The largest absolute Gasteiger partial charge is 0.291 e. The number of rotatable bonds is 4. The van der Waals surface area contributed by atoms with Crippen molar-refractivity contribution in [3.8, 4) is 0 Å². The quantitative estimate of drug-likeness (QED) is 0.748.